The molecule has 0 aromatic carbocycles. The van der Waals surface area contributed by atoms with Crippen molar-refractivity contribution in [1.29, 1.82) is 0 Å². The lowest BCUT2D eigenvalue weighted by Gasteiger charge is -2.26. The van der Waals surface area contributed by atoms with Crippen LogP contribution in [0.2, 0.25) is 0 Å². The molecule has 0 heterocycles. The highest BCUT2D eigenvalue weighted by Gasteiger charge is 2.22. The van der Waals surface area contributed by atoms with E-state index in [-0.39, 0.29) is 0 Å². The summed E-state index contributed by atoms with van der Waals surface area (Å²) in [7, 11) is 0. The van der Waals surface area contributed by atoms with Crippen molar-refractivity contribution in [3.05, 3.63) is 0 Å². The van der Waals surface area contributed by atoms with Gasteiger partial charge in [-0.25, -0.2) is 0 Å². The first-order chi connectivity index (χ1) is 5.99. The first-order valence-corrected chi connectivity index (χ1v) is 5.72. The van der Waals surface area contributed by atoms with Crippen molar-refractivity contribution in [2.24, 2.45) is 11.3 Å². The summed E-state index contributed by atoms with van der Waals surface area (Å²) >= 11 is 0. The second kappa shape index (κ2) is 4.45. The molecule has 78 valence electrons. The van der Waals surface area contributed by atoms with Gasteiger partial charge in [0, 0.05) is 12.6 Å². The molecule has 1 fully saturated rings. The highest BCUT2D eigenvalue weighted by molar-refractivity contribution is 4.78. The van der Waals surface area contributed by atoms with Crippen LogP contribution in [0.5, 0.6) is 0 Å². The molecule has 1 aliphatic carbocycles. The quantitative estimate of drug-likeness (QED) is 0.708. The minimum Gasteiger partial charge on any atom is -0.313 e. The minimum absolute atomic E-state index is 0.423. The SMILES string of the molecule is CC(NCC(C)(C)C)C1CCCC1. The second-order valence-corrected chi connectivity index (χ2v) is 5.77. The molecule has 13 heavy (non-hydrogen) atoms. The third-order valence-corrected chi connectivity index (χ3v) is 3.06. The van der Waals surface area contributed by atoms with Crippen LogP contribution < -0.4 is 5.32 Å². The Morgan fingerprint density at radius 2 is 1.77 bits per heavy atom. The molecule has 0 aromatic heterocycles. The first-order valence-electron chi connectivity index (χ1n) is 5.72. The lowest BCUT2D eigenvalue weighted by Crippen LogP contribution is -2.37. The Labute approximate surface area is 83.3 Å². The highest BCUT2D eigenvalue weighted by Crippen LogP contribution is 2.27. The normalized spacial score (nSPS) is 22.2. The summed E-state index contributed by atoms with van der Waals surface area (Å²) < 4.78 is 0. The molecule has 1 saturated carbocycles. The summed E-state index contributed by atoms with van der Waals surface area (Å²) in [6, 6.07) is 0.724. The van der Waals surface area contributed by atoms with Crippen molar-refractivity contribution in [2.75, 3.05) is 6.54 Å². The predicted octanol–water partition coefficient (Wildman–Crippen LogP) is 3.20. The van der Waals surface area contributed by atoms with Crippen LogP contribution in [-0.4, -0.2) is 12.6 Å². The third-order valence-electron chi connectivity index (χ3n) is 3.06. The van der Waals surface area contributed by atoms with E-state index in [2.05, 4.69) is 33.0 Å². The van der Waals surface area contributed by atoms with Crippen molar-refractivity contribution in [3.63, 3.8) is 0 Å². The standard InChI is InChI=1S/C12H25N/c1-10(11-7-5-6-8-11)13-9-12(2,3)4/h10-11,13H,5-9H2,1-4H3. The maximum atomic E-state index is 3.66. The van der Waals surface area contributed by atoms with Crippen LogP contribution in [0.1, 0.15) is 53.4 Å². The largest absolute Gasteiger partial charge is 0.313 e. The summed E-state index contributed by atoms with van der Waals surface area (Å²) in [5, 5.41) is 3.66. The summed E-state index contributed by atoms with van der Waals surface area (Å²) in [6.45, 7) is 10.4. The number of rotatable bonds is 3. The van der Waals surface area contributed by atoms with Crippen LogP contribution in [0.25, 0.3) is 0 Å². The molecule has 0 aromatic rings. The Balaban J connectivity index is 2.20. The molecule has 0 radical (unpaired) electrons. The molecule has 1 atom stereocenters. The van der Waals surface area contributed by atoms with Crippen LogP contribution in [0.3, 0.4) is 0 Å². The van der Waals surface area contributed by atoms with Crippen LogP contribution >= 0.6 is 0 Å². The van der Waals surface area contributed by atoms with Gasteiger partial charge in [-0.1, -0.05) is 33.6 Å². The minimum atomic E-state index is 0.423. The molecular weight excluding hydrogens is 158 g/mol. The fourth-order valence-electron chi connectivity index (χ4n) is 2.09. The van der Waals surface area contributed by atoms with Gasteiger partial charge in [0.2, 0.25) is 0 Å². The molecule has 1 N–H and O–H groups in total. The molecule has 0 bridgehead atoms. The van der Waals surface area contributed by atoms with Gasteiger partial charge in [-0.2, -0.15) is 0 Å². The third kappa shape index (κ3) is 4.12. The Morgan fingerprint density at radius 3 is 2.23 bits per heavy atom. The maximum absolute atomic E-state index is 3.66. The van der Waals surface area contributed by atoms with Gasteiger partial charge in [-0.15, -0.1) is 0 Å². The van der Waals surface area contributed by atoms with E-state index in [0.29, 0.717) is 5.41 Å². The van der Waals surface area contributed by atoms with Gasteiger partial charge in [0.05, 0.1) is 0 Å². The van der Waals surface area contributed by atoms with E-state index in [1.54, 1.807) is 0 Å². The molecule has 0 amide bonds. The van der Waals surface area contributed by atoms with E-state index < -0.39 is 0 Å². The van der Waals surface area contributed by atoms with Gasteiger partial charge in [-0.3, -0.25) is 0 Å². The maximum Gasteiger partial charge on any atom is 0.00672 e. The smallest absolute Gasteiger partial charge is 0.00672 e. The first kappa shape index (κ1) is 11.0. The summed E-state index contributed by atoms with van der Waals surface area (Å²) in [5.41, 5.74) is 0.423. The molecule has 1 aliphatic rings. The van der Waals surface area contributed by atoms with Gasteiger partial charge in [0.1, 0.15) is 0 Å². The molecule has 1 rings (SSSR count). The lowest BCUT2D eigenvalue weighted by atomic mass is 9.94. The van der Waals surface area contributed by atoms with Gasteiger partial charge in [-0.05, 0) is 31.1 Å². The van der Waals surface area contributed by atoms with Crippen molar-refractivity contribution < 1.29 is 0 Å². The number of hydrogen-bond acceptors (Lipinski definition) is 1. The lowest BCUT2D eigenvalue weighted by molar-refractivity contribution is 0.310. The number of hydrogen-bond donors (Lipinski definition) is 1. The Morgan fingerprint density at radius 1 is 1.23 bits per heavy atom. The average Bonchev–Trinajstić information content (AvgIpc) is 2.50. The van der Waals surface area contributed by atoms with E-state index in [4.69, 9.17) is 0 Å². The van der Waals surface area contributed by atoms with Gasteiger partial charge in [0.15, 0.2) is 0 Å². The molecule has 0 aliphatic heterocycles. The van der Waals surface area contributed by atoms with Crippen LogP contribution in [0.4, 0.5) is 0 Å². The fourth-order valence-corrected chi connectivity index (χ4v) is 2.09. The molecule has 0 saturated heterocycles. The second-order valence-electron chi connectivity index (χ2n) is 5.77. The van der Waals surface area contributed by atoms with E-state index in [1.165, 1.54) is 25.7 Å². The van der Waals surface area contributed by atoms with Gasteiger partial charge in [0.25, 0.3) is 0 Å². The molecule has 0 spiro atoms. The van der Waals surface area contributed by atoms with E-state index in [0.717, 1.165) is 18.5 Å². The van der Waals surface area contributed by atoms with Crippen LogP contribution in [0, 0.1) is 11.3 Å². The zero-order valence-electron chi connectivity index (χ0n) is 9.69. The molecule has 1 unspecified atom stereocenters. The zero-order chi connectivity index (χ0) is 9.90. The van der Waals surface area contributed by atoms with Crippen LogP contribution in [0.15, 0.2) is 0 Å². The van der Waals surface area contributed by atoms with Gasteiger partial charge >= 0.3 is 0 Å². The predicted molar refractivity (Wildman–Crippen MR) is 58.9 cm³/mol. The van der Waals surface area contributed by atoms with Crippen molar-refractivity contribution in [1.82, 2.24) is 5.32 Å². The fraction of sp³-hybridized carbons (Fsp3) is 1.00. The van der Waals surface area contributed by atoms with Crippen molar-refractivity contribution in [3.8, 4) is 0 Å². The highest BCUT2D eigenvalue weighted by atomic mass is 14.9. The van der Waals surface area contributed by atoms with E-state index >= 15 is 0 Å². The van der Waals surface area contributed by atoms with Crippen molar-refractivity contribution in [2.45, 2.75) is 59.4 Å². The monoisotopic (exact) mass is 183 g/mol. The number of nitrogens with one attached hydrogen (secondary N) is 1. The Kier molecular flexibility index (Phi) is 3.78. The Bertz CT molecular complexity index is 140. The van der Waals surface area contributed by atoms with Crippen molar-refractivity contribution >= 4 is 0 Å². The van der Waals surface area contributed by atoms with Gasteiger partial charge < -0.3 is 5.32 Å². The zero-order valence-corrected chi connectivity index (χ0v) is 9.69. The summed E-state index contributed by atoms with van der Waals surface area (Å²) in [5.74, 6) is 0.947. The molecular formula is C12H25N. The summed E-state index contributed by atoms with van der Waals surface area (Å²) in [4.78, 5) is 0. The average molecular weight is 183 g/mol. The molecule has 1 nitrogen and oxygen atoms in total. The van der Waals surface area contributed by atoms with Crippen LogP contribution in [-0.2, 0) is 0 Å². The Hall–Kier alpha value is -0.0400. The van der Waals surface area contributed by atoms with E-state index in [9.17, 15) is 0 Å². The van der Waals surface area contributed by atoms with E-state index in [1.807, 2.05) is 0 Å². The molecule has 1 heteroatoms. The summed E-state index contributed by atoms with van der Waals surface area (Å²) in [6.07, 6.45) is 5.79. The topological polar surface area (TPSA) is 12.0 Å².